The maximum atomic E-state index is 13.1. The third-order valence-corrected chi connectivity index (χ3v) is 5.93. The van der Waals surface area contributed by atoms with Crippen LogP contribution in [0.3, 0.4) is 0 Å². The fraction of sp³-hybridized carbons (Fsp3) is 0.333. The number of hydrogen-bond donors (Lipinski definition) is 0. The molecule has 0 spiro atoms. The Morgan fingerprint density at radius 1 is 1.00 bits per heavy atom. The largest absolute Gasteiger partial charge is 0.374 e. The van der Waals surface area contributed by atoms with Gasteiger partial charge in [0.15, 0.2) is 0 Å². The van der Waals surface area contributed by atoms with Gasteiger partial charge in [0.1, 0.15) is 5.82 Å². The summed E-state index contributed by atoms with van der Waals surface area (Å²) in [5, 5.41) is 0. The first-order valence-electron chi connectivity index (χ1n) is 9.66. The van der Waals surface area contributed by atoms with Crippen LogP contribution in [0.1, 0.15) is 54.4 Å². The molecule has 0 bridgehead atoms. The van der Waals surface area contributed by atoms with Crippen molar-refractivity contribution in [2.75, 3.05) is 6.61 Å². The smallest absolute Gasteiger partial charge is 0.123 e. The van der Waals surface area contributed by atoms with Crippen LogP contribution in [0.2, 0.25) is 0 Å². The monoisotopic (exact) mass is 382 g/mol. The lowest BCUT2D eigenvalue weighted by Crippen LogP contribution is -2.05. The highest BCUT2D eigenvalue weighted by Gasteiger charge is 2.12. The Bertz CT molecular complexity index is 866. The summed E-state index contributed by atoms with van der Waals surface area (Å²) in [6.45, 7) is 7.28. The molecule has 0 aliphatic carbocycles. The highest BCUT2D eigenvalue weighted by molar-refractivity contribution is 7.15. The lowest BCUT2D eigenvalue weighted by molar-refractivity contribution is 0.0504. The number of hydrogen-bond acceptors (Lipinski definition) is 2. The van der Waals surface area contributed by atoms with E-state index in [9.17, 15) is 4.39 Å². The van der Waals surface area contributed by atoms with E-state index in [1.165, 1.54) is 38.6 Å². The molecule has 1 nitrogen and oxygen atoms in total. The molecule has 3 aromatic rings. The second-order valence-corrected chi connectivity index (χ2v) is 8.07. The SMILES string of the molecule is CCCO[C@H](CC)c1ccc(C)c(Cc2ccc(-c3ccc(F)cc3)s2)c1. The van der Waals surface area contributed by atoms with Crippen LogP contribution in [-0.4, -0.2) is 6.61 Å². The fourth-order valence-corrected chi connectivity index (χ4v) is 4.26. The lowest BCUT2D eigenvalue weighted by atomic mass is 9.98. The summed E-state index contributed by atoms with van der Waals surface area (Å²) in [7, 11) is 0. The zero-order chi connectivity index (χ0) is 19.2. The predicted octanol–water partition coefficient (Wildman–Crippen LogP) is 7.33. The number of halogens is 1. The summed E-state index contributed by atoms with van der Waals surface area (Å²) < 4.78 is 19.2. The van der Waals surface area contributed by atoms with Gasteiger partial charge in [-0.05, 0) is 66.3 Å². The summed E-state index contributed by atoms with van der Waals surface area (Å²) in [4.78, 5) is 2.49. The zero-order valence-electron chi connectivity index (χ0n) is 16.3. The Morgan fingerprint density at radius 2 is 1.78 bits per heavy atom. The molecule has 0 saturated heterocycles. The van der Waals surface area contributed by atoms with E-state index < -0.39 is 0 Å². The molecule has 1 heterocycles. The van der Waals surface area contributed by atoms with Gasteiger partial charge < -0.3 is 4.74 Å². The van der Waals surface area contributed by atoms with Crippen molar-refractivity contribution in [3.8, 4) is 10.4 Å². The van der Waals surface area contributed by atoms with Crippen molar-refractivity contribution >= 4 is 11.3 Å². The van der Waals surface area contributed by atoms with Crippen LogP contribution in [0.15, 0.2) is 54.6 Å². The highest BCUT2D eigenvalue weighted by atomic mass is 32.1. The van der Waals surface area contributed by atoms with Crippen LogP contribution in [0, 0.1) is 12.7 Å². The van der Waals surface area contributed by atoms with Gasteiger partial charge in [0.25, 0.3) is 0 Å². The molecule has 0 saturated carbocycles. The van der Waals surface area contributed by atoms with Crippen molar-refractivity contribution < 1.29 is 9.13 Å². The summed E-state index contributed by atoms with van der Waals surface area (Å²) in [5.41, 5.74) is 4.98. The minimum absolute atomic E-state index is 0.169. The van der Waals surface area contributed by atoms with Crippen molar-refractivity contribution in [3.05, 3.63) is 82.0 Å². The van der Waals surface area contributed by atoms with Crippen LogP contribution < -0.4 is 0 Å². The molecule has 3 rings (SSSR count). The molecule has 1 atom stereocenters. The second kappa shape index (κ2) is 9.29. The molecule has 2 aromatic carbocycles. The van der Waals surface area contributed by atoms with Gasteiger partial charge in [0.2, 0.25) is 0 Å². The minimum Gasteiger partial charge on any atom is -0.374 e. The molecule has 1 aromatic heterocycles. The second-order valence-electron chi connectivity index (χ2n) is 6.90. The van der Waals surface area contributed by atoms with E-state index in [2.05, 4.69) is 51.1 Å². The summed E-state index contributed by atoms with van der Waals surface area (Å²) >= 11 is 1.78. The topological polar surface area (TPSA) is 9.23 Å². The summed E-state index contributed by atoms with van der Waals surface area (Å²) in [5.74, 6) is -0.196. The van der Waals surface area contributed by atoms with Crippen molar-refractivity contribution in [3.63, 3.8) is 0 Å². The molecule has 0 unspecified atom stereocenters. The van der Waals surface area contributed by atoms with E-state index in [0.717, 1.165) is 31.4 Å². The molecule has 27 heavy (non-hydrogen) atoms. The average Bonchev–Trinajstić information content (AvgIpc) is 3.14. The lowest BCUT2D eigenvalue weighted by Gasteiger charge is -2.18. The molecular formula is C24H27FOS. The molecular weight excluding hydrogens is 355 g/mol. The van der Waals surface area contributed by atoms with Crippen LogP contribution in [-0.2, 0) is 11.2 Å². The number of aryl methyl sites for hydroxylation is 1. The van der Waals surface area contributed by atoms with Gasteiger partial charge in [0.05, 0.1) is 6.10 Å². The minimum atomic E-state index is -0.196. The van der Waals surface area contributed by atoms with E-state index in [-0.39, 0.29) is 11.9 Å². The first-order valence-corrected chi connectivity index (χ1v) is 10.5. The van der Waals surface area contributed by atoms with Crippen molar-refractivity contribution in [2.45, 2.75) is 46.1 Å². The standard InChI is InChI=1S/C24H27FOS/c1-4-14-26-23(5-2)19-7-6-17(3)20(15-19)16-22-12-13-24(27-22)18-8-10-21(25)11-9-18/h6-13,15,23H,4-5,14,16H2,1-3H3/t23-/m1/s1. The van der Waals surface area contributed by atoms with E-state index in [4.69, 9.17) is 4.74 Å². The zero-order valence-corrected chi connectivity index (χ0v) is 17.1. The van der Waals surface area contributed by atoms with Crippen LogP contribution in [0.5, 0.6) is 0 Å². The van der Waals surface area contributed by atoms with Crippen LogP contribution in [0.25, 0.3) is 10.4 Å². The number of thiophene rings is 1. The van der Waals surface area contributed by atoms with Crippen LogP contribution in [0.4, 0.5) is 4.39 Å². The maximum absolute atomic E-state index is 13.1. The molecule has 0 aliphatic rings. The first kappa shape index (κ1) is 19.8. The number of ether oxygens (including phenoxy) is 1. The quantitative estimate of drug-likeness (QED) is 0.396. The van der Waals surface area contributed by atoms with Crippen LogP contribution >= 0.6 is 11.3 Å². The van der Waals surface area contributed by atoms with E-state index in [1.807, 2.05) is 12.1 Å². The van der Waals surface area contributed by atoms with E-state index in [1.54, 1.807) is 11.3 Å². The summed E-state index contributed by atoms with van der Waals surface area (Å²) in [6, 6.07) is 17.7. The van der Waals surface area contributed by atoms with Gasteiger partial charge in [-0.1, -0.05) is 44.2 Å². The Balaban J connectivity index is 1.79. The molecule has 0 fully saturated rings. The number of rotatable bonds is 8. The Hall–Kier alpha value is -1.97. The van der Waals surface area contributed by atoms with Gasteiger partial charge >= 0.3 is 0 Å². The molecule has 3 heteroatoms. The summed E-state index contributed by atoms with van der Waals surface area (Å²) in [6.07, 6.45) is 3.10. The highest BCUT2D eigenvalue weighted by Crippen LogP contribution is 2.31. The van der Waals surface area contributed by atoms with E-state index in [0.29, 0.717) is 0 Å². The van der Waals surface area contributed by atoms with Crippen molar-refractivity contribution in [2.24, 2.45) is 0 Å². The van der Waals surface area contributed by atoms with Gasteiger partial charge in [-0.2, -0.15) is 0 Å². The first-order chi connectivity index (χ1) is 13.1. The number of benzene rings is 2. The molecule has 142 valence electrons. The van der Waals surface area contributed by atoms with E-state index >= 15 is 0 Å². The molecule has 0 aliphatic heterocycles. The fourth-order valence-electron chi connectivity index (χ4n) is 3.22. The molecule has 0 amide bonds. The normalized spacial score (nSPS) is 12.3. The maximum Gasteiger partial charge on any atom is 0.123 e. The Labute approximate surface area is 165 Å². The third-order valence-electron chi connectivity index (χ3n) is 4.79. The van der Waals surface area contributed by atoms with Gasteiger partial charge in [-0.25, -0.2) is 4.39 Å². The molecule has 0 radical (unpaired) electrons. The van der Waals surface area contributed by atoms with Gasteiger partial charge in [0, 0.05) is 22.8 Å². The van der Waals surface area contributed by atoms with Gasteiger partial charge in [-0.3, -0.25) is 0 Å². The molecule has 0 N–H and O–H groups in total. The Kier molecular flexibility index (Phi) is 6.81. The predicted molar refractivity (Wildman–Crippen MR) is 113 cm³/mol. The van der Waals surface area contributed by atoms with Crippen molar-refractivity contribution in [1.29, 1.82) is 0 Å². The van der Waals surface area contributed by atoms with Crippen molar-refractivity contribution in [1.82, 2.24) is 0 Å². The third kappa shape index (κ3) is 5.06. The average molecular weight is 383 g/mol. The van der Waals surface area contributed by atoms with Gasteiger partial charge in [-0.15, -0.1) is 11.3 Å². The Morgan fingerprint density at radius 3 is 2.48 bits per heavy atom.